The Bertz CT molecular complexity index is 596. The number of unbranched alkanes of at least 4 members (excludes halogenated alkanes) is 1. The average Bonchev–Trinajstić information content (AvgIpc) is 2.42. The predicted octanol–water partition coefficient (Wildman–Crippen LogP) is 1.82. The lowest BCUT2D eigenvalue weighted by Crippen LogP contribution is -1.77. The molecule has 1 N–H and O–H groups in total. The van der Waals surface area contributed by atoms with Crippen LogP contribution in [0.3, 0.4) is 0 Å². The molecule has 0 aromatic heterocycles. The van der Waals surface area contributed by atoms with Gasteiger partial charge in [0.1, 0.15) is 0 Å². The van der Waals surface area contributed by atoms with E-state index in [0.717, 1.165) is 5.56 Å². The zero-order chi connectivity index (χ0) is 12.9. The molecule has 1 nitrogen and oxygen atoms in total. The summed E-state index contributed by atoms with van der Waals surface area (Å²) in [6.07, 6.45) is 1.34. The first-order chi connectivity index (χ1) is 8.93. The van der Waals surface area contributed by atoms with Crippen LogP contribution in [0.15, 0.2) is 30.3 Å². The van der Waals surface area contributed by atoms with E-state index in [-0.39, 0.29) is 6.61 Å². The smallest absolute Gasteiger partial charge is 0.0440 e. The summed E-state index contributed by atoms with van der Waals surface area (Å²) in [6, 6.07) is 9.65. The van der Waals surface area contributed by atoms with Crippen molar-refractivity contribution in [1.82, 2.24) is 0 Å². The number of hydrogen-bond acceptors (Lipinski definition) is 1. The van der Waals surface area contributed by atoms with Crippen molar-refractivity contribution in [2.75, 3.05) is 6.61 Å². The van der Waals surface area contributed by atoms with E-state index >= 15 is 0 Å². The fourth-order valence-corrected chi connectivity index (χ4v) is 1.02. The highest BCUT2D eigenvalue weighted by Crippen LogP contribution is 1.93. The van der Waals surface area contributed by atoms with Crippen LogP contribution in [0, 0.1) is 47.4 Å². The molecule has 0 aliphatic rings. The van der Waals surface area contributed by atoms with Crippen molar-refractivity contribution in [3.05, 3.63) is 35.9 Å². The Hall–Kier alpha value is -2.58. The molecular formula is C17H12O. The largest absolute Gasteiger partial charge is 0.396 e. The summed E-state index contributed by atoms with van der Waals surface area (Å²) in [5.74, 6) is 21.6. The third-order valence-corrected chi connectivity index (χ3v) is 1.84. The molecule has 0 saturated heterocycles. The van der Waals surface area contributed by atoms with Gasteiger partial charge in [0.05, 0.1) is 0 Å². The Morgan fingerprint density at radius 2 is 1.50 bits per heavy atom. The Labute approximate surface area is 108 Å². The highest BCUT2D eigenvalue weighted by atomic mass is 16.2. The standard InChI is InChI=1S/C17H12O/c18-16-12-7-5-3-1-2-4-6-9-13-17-14-10-8-11-15-17/h8,10-11,14-15,18H,7,12,16H2. The molecule has 0 aliphatic carbocycles. The summed E-state index contributed by atoms with van der Waals surface area (Å²) >= 11 is 0. The SMILES string of the molecule is OCCCC#CC#CC#CC#Cc1ccccc1. The predicted molar refractivity (Wildman–Crippen MR) is 73.0 cm³/mol. The van der Waals surface area contributed by atoms with Crippen molar-refractivity contribution in [2.24, 2.45) is 0 Å². The van der Waals surface area contributed by atoms with Gasteiger partial charge in [-0.15, -0.1) is 0 Å². The van der Waals surface area contributed by atoms with E-state index in [4.69, 9.17) is 5.11 Å². The Kier molecular flexibility index (Phi) is 7.22. The van der Waals surface area contributed by atoms with Gasteiger partial charge in [-0.2, -0.15) is 0 Å². The highest BCUT2D eigenvalue weighted by Gasteiger charge is 1.78. The Morgan fingerprint density at radius 3 is 2.22 bits per heavy atom. The van der Waals surface area contributed by atoms with Crippen LogP contribution in [0.25, 0.3) is 0 Å². The summed E-state index contributed by atoms with van der Waals surface area (Å²) < 4.78 is 0. The molecule has 0 bridgehead atoms. The van der Waals surface area contributed by atoms with Gasteiger partial charge in [-0.3, -0.25) is 0 Å². The van der Waals surface area contributed by atoms with Gasteiger partial charge in [0.2, 0.25) is 0 Å². The van der Waals surface area contributed by atoms with E-state index in [9.17, 15) is 0 Å². The average molecular weight is 232 g/mol. The molecule has 18 heavy (non-hydrogen) atoms. The fraction of sp³-hybridized carbons (Fsp3) is 0.176. The van der Waals surface area contributed by atoms with Gasteiger partial charge >= 0.3 is 0 Å². The number of rotatable bonds is 2. The van der Waals surface area contributed by atoms with Gasteiger partial charge in [0.15, 0.2) is 0 Å². The van der Waals surface area contributed by atoms with Crippen LogP contribution in [0.2, 0.25) is 0 Å². The molecule has 0 unspecified atom stereocenters. The number of benzene rings is 1. The van der Waals surface area contributed by atoms with Crippen LogP contribution < -0.4 is 0 Å². The molecule has 0 spiro atoms. The Balaban J connectivity index is 2.41. The van der Waals surface area contributed by atoms with Gasteiger partial charge in [-0.25, -0.2) is 0 Å². The maximum atomic E-state index is 8.52. The van der Waals surface area contributed by atoms with E-state index in [1.165, 1.54) is 0 Å². The van der Waals surface area contributed by atoms with Gasteiger partial charge in [0.25, 0.3) is 0 Å². The molecule has 0 amide bonds. The first-order valence-electron chi connectivity index (χ1n) is 5.58. The van der Waals surface area contributed by atoms with Crippen LogP contribution >= 0.6 is 0 Å². The minimum absolute atomic E-state index is 0.164. The van der Waals surface area contributed by atoms with Crippen molar-refractivity contribution < 1.29 is 5.11 Å². The van der Waals surface area contributed by atoms with Crippen LogP contribution in [0.4, 0.5) is 0 Å². The highest BCUT2D eigenvalue weighted by molar-refractivity contribution is 5.44. The molecule has 1 aromatic rings. The lowest BCUT2D eigenvalue weighted by atomic mass is 10.2. The number of hydrogen-bond donors (Lipinski definition) is 1. The molecule has 0 aliphatic heterocycles. The second kappa shape index (κ2) is 9.63. The lowest BCUT2D eigenvalue weighted by Gasteiger charge is -1.83. The first-order valence-corrected chi connectivity index (χ1v) is 5.58. The van der Waals surface area contributed by atoms with Crippen LogP contribution in [0.5, 0.6) is 0 Å². The summed E-state index contributed by atoms with van der Waals surface area (Å²) in [6.45, 7) is 0.164. The summed E-state index contributed by atoms with van der Waals surface area (Å²) in [7, 11) is 0. The number of aliphatic hydroxyl groups is 1. The maximum absolute atomic E-state index is 8.52. The van der Waals surface area contributed by atoms with Crippen molar-refractivity contribution >= 4 is 0 Å². The zero-order valence-corrected chi connectivity index (χ0v) is 9.96. The van der Waals surface area contributed by atoms with Crippen molar-refractivity contribution in [1.29, 1.82) is 0 Å². The van der Waals surface area contributed by atoms with E-state index < -0.39 is 0 Å². The van der Waals surface area contributed by atoms with Gasteiger partial charge in [-0.1, -0.05) is 30.0 Å². The molecule has 0 atom stereocenters. The molecule has 1 rings (SSSR count). The minimum atomic E-state index is 0.164. The van der Waals surface area contributed by atoms with Crippen molar-refractivity contribution in [3.8, 4) is 47.4 Å². The van der Waals surface area contributed by atoms with E-state index in [2.05, 4.69) is 47.4 Å². The first kappa shape index (κ1) is 13.5. The lowest BCUT2D eigenvalue weighted by molar-refractivity contribution is 0.290. The van der Waals surface area contributed by atoms with Gasteiger partial charge in [-0.05, 0) is 54.1 Å². The normalized spacial score (nSPS) is 7.17. The minimum Gasteiger partial charge on any atom is -0.396 e. The van der Waals surface area contributed by atoms with Gasteiger partial charge in [0, 0.05) is 18.6 Å². The fourth-order valence-electron chi connectivity index (χ4n) is 1.02. The topological polar surface area (TPSA) is 20.2 Å². The second-order valence-corrected chi connectivity index (χ2v) is 3.24. The molecular weight excluding hydrogens is 220 g/mol. The van der Waals surface area contributed by atoms with Crippen LogP contribution in [-0.2, 0) is 0 Å². The maximum Gasteiger partial charge on any atom is 0.0440 e. The molecule has 0 saturated carbocycles. The van der Waals surface area contributed by atoms with Crippen LogP contribution in [-0.4, -0.2) is 11.7 Å². The zero-order valence-electron chi connectivity index (χ0n) is 9.96. The summed E-state index contributed by atoms with van der Waals surface area (Å²) in [5, 5.41) is 8.52. The second-order valence-electron chi connectivity index (χ2n) is 3.24. The van der Waals surface area contributed by atoms with Crippen molar-refractivity contribution in [2.45, 2.75) is 12.8 Å². The summed E-state index contributed by atoms with van der Waals surface area (Å²) in [4.78, 5) is 0. The molecule has 1 aromatic carbocycles. The monoisotopic (exact) mass is 232 g/mol. The summed E-state index contributed by atoms with van der Waals surface area (Å²) in [5.41, 5.74) is 0.934. The number of aliphatic hydroxyl groups excluding tert-OH is 1. The van der Waals surface area contributed by atoms with E-state index in [1.54, 1.807) is 0 Å². The molecule has 1 heteroatoms. The van der Waals surface area contributed by atoms with Crippen molar-refractivity contribution in [3.63, 3.8) is 0 Å². The Morgan fingerprint density at radius 1 is 0.833 bits per heavy atom. The van der Waals surface area contributed by atoms with Crippen LogP contribution in [0.1, 0.15) is 18.4 Å². The molecule has 0 radical (unpaired) electrons. The quantitative estimate of drug-likeness (QED) is 0.609. The van der Waals surface area contributed by atoms with E-state index in [0.29, 0.717) is 12.8 Å². The van der Waals surface area contributed by atoms with E-state index in [1.807, 2.05) is 30.3 Å². The third-order valence-electron chi connectivity index (χ3n) is 1.84. The van der Waals surface area contributed by atoms with Gasteiger partial charge < -0.3 is 5.11 Å². The molecule has 86 valence electrons. The molecule has 0 fully saturated rings. The third kappa shape index (κ3) is 6.82. The molecule has 0 heterocycles.